The van der Waals surface area contributed by atoms with Crippen LogP contribution in [-0.2, 0) is 14.8 Å². The maximum Gasteiger partial charge on any atom is 0.347 e. The van der Waals surface area contributed by atoms with E-state index in [0.29, 0.717) is 13.2 Å². The summed E-state index contributed by atoms with van der Waals surface area (Å²) in [6, 6.07) is 1.33. The molecule has 0 unspecified atom stereocenters. The predicted molar refractivity (Wildman–Crippen MR) is 60.9 cm³/mol. The third-order valence-electron chi connectivity index (χ3n) is 2.41. The highest BCUT2D eigenvalue weighted by atomic mass is 32.2. The Morgan fingerprint density at radius 3 is 2.65 bits per heavy atom. The first-order valence-electron chi connectivity index (χ1n) is 4.92. The van der Waals surface area contributed by atoms with Gasteiger partial charge in [0.05, 0.1) is 13.2 Å². The van der Waals surface area contributed by atoms with Gasteiger partial charge in [0.2, 0.25) is 10.0 Å². The fourth-order valence-corrected chi connectivity index (χ4v) is 4.22. The maximum absolute atomic E-state index is 12.2. The van der Waals surface area contributed by atoms with E-state index < -0.39 is 16.0 Å². The first kappa shape index (κ1) is 12.5. The number of sulfonamides is 1. The Kier molecular flexibility index (Phi) is 3.48. The van der Waals surface area contributed by atoms with Gasteiger partial charge in [0.25, 0.3) is 0 Å². The molecule has 6 nitrogen and oxygen atoms in total. The van der Waals surface area contributed by atoms with Gasteiger partial charge < -0.3 is 9.84 Å². The van der Waals surface area contributed by atoms with Gasteiger partial charge >= 0.3 is 5.97 Å². The molecule has 0 aliphatic carbocycles. The zero-order valence-electron chi connectivity index (χ0n) is 8.83. The second-order valence-corrected chi connectivity index (χ2v) is 6.26. The molecule has 0 radical (unpaired) electrons. The largest absolute Gasteiger partial charge is 0.477 e. The van der Waals surface area contributed by atoms with E-state index in [1.54, 1.807) is 0 Å². The van der Waals surface area contributed by atoms with Crippen molar-refractivity contribution in [2.75, 3.05) is 26.3 Å². The highest BCUT2D eigenvalue weighted by Gasteiger charge is 2.31. The lowest BCUT2D eigenvalue weighted by atomic mass is 10.5. The lowest BCUT2D eigenvalue weighted by Gasteiger charge is -2.25. The fraction of sp³-hybridized carbons (Fsp3) is 0.444. The normalized spacial score (nSPS) is 18.1. The Bertz CT molecular complexity index is 515. The van der Waals surface area contributed by atoms with Crippen LogP contribution in [0.2, 0.25) is 0 Å². The van der Waals surface area contributed by atoms with Gasteiger partial charge in [-0.3, -0.25) is 0 Å². The van der Waals surface area contributed by atoms with Gasteiger partial charge in [0, 0.05) is 13.1 Å². The van der Waals surface area contributed by atoms with Crippen molar-refractivity contribution in [1.29, 1.82) is 0 Å². The lowest BCUT2D eigenvalue weighted by molar-refractivity contribution is 0.0694. The zero-order chi connectivity index (χ0) is 12.5. The maximum atomic E-state index is 12.2. The Morgan fingerprint density at radius 2 is 2.06 bits per heavy atom. The van der Waals surface area contributed by atoms with Crippen molar-refractivity contribution in [3.8, 4) is 0 Å². The molecule has 1 saturated heterocycles. The summed E-state index contributed by atoms with van der Waals surface area (Å²) < 4.78 is 30.7. The molecule has 8 heteroatoms. The molecule has 17 heavy (non-hydrogen) atoms. The van der Waals surface area contributed by atoms with Crippen LogP contribution in [0.25, 0.3) is 0 Å². The van der Waals surface area contributed by atoms with Crippen molar-refractivity contribution in [2.45, 2.75) is 4.90 Å². The van der Waals surface area contributed by atoms with E-state index >= 15 is 0 Å². The Labute approximate surface area is 102 Å². The summed E-state index contributed by atoms with van der Waals surface area (Å²) in [4.78, 5) is 10.6. The Hall–Kier alpha value is -0.960. The van der Waals surface area contributed by atoms with Crippen molar-refractivity contribution in [3.63, 3.8) is 0 Å². The summed E-state index contributed by atoms with van der Waals surface area (Å²) in [5.41, 5.74) is 0. The number of aromatic carboxylic acids is 1. The minimum absolute atomic E-state index is 0.128. The molecule has 0 atom stereocenters. The Morgan fingerprint density at radius 1 is 1.41 bits per heavy atom. The second kappa shape index (κ2) is 4.73. The SMILES string of the molecule is O=C(O)c1sccc1S(=O)(=O)N1CCOCC1. The summed E-state index contributed by atoms with van der Waals surface area (Å²) in [5, 5.41) is 10.4. The van der Waals surface area contributed by atoms with Crippen LogP contribution in [-0.4, -0.2) is 50.1 Å². The predicted octanol–water partition coefficient (Wildman–Crippen LogP) is 0.467. The third-order valence-corrected chi connectivity index (χ3v) is 5.38. The average Bonchev–Trinajstić information content (AvgIpc) is 2.80. The van der Waals surface area contributed by atoms with Gasteiger partial charge in [0.15, 0.2) is 0 Å². The molecule has 0 amide bonds. The molecule has 0 aromatic carbocycles. The molecule has 2 rings (SSSR count). The molecule has 1 fully saturated rings. The number of nitrogens with zero attached hydrogens (tertiary/aromatic N) is 1. The average molecular weight is 277 g/mol. The van der Waals surface area contributed by atoms with E-state index in [2.05, 4.69) is 0 Å². The second-order valence-electron chi connectivity index (χ2n) is 3.44. The molecular weight excluding hydrogens is 266 g/mol. The molecule has 0 saturated carbocycles. The van der Waals surface area contributed by atoms with Crippen LogP contribution < -0.4 is 0 Å². The van der Waals surface area contributed by atoms with E-state index in [1.165, 1.54) is 15.8 Å². The topological polar surface area (TPSA) is 83.9 Å². The Balaban J connectivity index is 2.37. The molecule has 1 aromatic rings. The number of carbonyl (C=O) groups is 1. The highest BCUT2D eigenvalue weighted by Crippen LogP contribution is 2.25. The molecule has 0 spiro atoms. The van der Waals surface area contributed by atoms with Gasteiger partial charge in [-0.05, 0) is 11.4 Å². The molecule has 1 N–H and O–H groups in total. The first-order chi connectivity index (χ1) is 8.03. The van der Waals surface area contributed by atoms with E-state index in [0.717, 1.165) is 11.3 Å². The number of hydrogen-bond donors (Lipinski definition) is 1. The van der Waals surface area contributed by atoms with Crippen molar-refractivity contribution in [1.82, 2.24) is 4.31 Å². The minimum Gasteiger partial charge on any atom is -0.477 e. The van der Waals surface area contributed by atoms with Crippen LogP contribution in [0, 0.1) is 0 Å². The summed E-state index contributed by atoms with van der Waals surface area (Å²) in [6.07, 6.45) is 0. The van der Waals surface area contributed by atoms with E-state index in [-0.39, 0.29) is 22.9 Å². The van der Waals surface area contributed by atoms with Gasteiger partial charge in [-0.1, -0.05) is 0 Å². The molecule has 1 aromatic heterocycles. The van der Waals surface area contributed by atoms with Crippen molar-refractivity contribution in [2.24, 2.45) is 0 Å². The van der Waals surface area contributed by atoms with Gasteiger partial charge in [-0.25, -0.2) is 13.2 Å². The van der Waals surface area contributed by atoms with Crippen LogP contribution in [0.1, 0.15) is 9.67 Å². The smallest absolute Gasteiger partial charge is 0.347 e. The van der Waals surface area contributed by atoms with Crippen LogP contribution in [0.15, 0.2) is 16.3 Å². The number of hydrogen-bond acceptors (Lipinski definition) is 5. The number of carboxylic acid groups (broad SMARTS) is 1. The minimum atomic E-state index is -3.71. The first-order valence-corrected chi connectivity index (χ1v) is 7.24. The molecular formula is C9H11NO5S2. The van der Waals surface area contributed by atoms with Gasteiger partial charge in [-0.15, -0.1) is 11.3 Å². The van der Waals surface area contributed by atoms with Crippen molar-refractivity contribution >= 4 is 27.3 Å². The van der Waals surface area contributed by atoms with Crippen molar-refractivity contribution in [3.05, 3.63) is 16.3 Å². The lowest BCUT2D eigenvalue weighted by Crippen LogP contribution is -2.40. The van der Waals surface area contributed by atoms with Crippen LogP contribution in [0.4, 0.5) is 0 Å². The highest BCUT2D eigenvalue weighted by molar-refractivity contribution is 7.89. The molecule has 0 bridgehead atoms. The van der Waals surface area contributed by atoms with Crippen LogP contribution in [0.5, 0.6) is 0 Å². The summed E-state index contributed by atoms with van der Waals surface area (Å²) in [7, 11) is -3.71. The van der Waals surface area contributed by atoms with E-state index in [1.807, 2.05) is 0 Å². The summed E-state index contributed by atoms with van der Waals surface area (Å²) in [6.45, 7) is 1.20. The number of rotatable bonds is 3. The molecule has 1 aliphatic heterocycles. The third kappa shape index (κ3) is 2.34. The number of ether oxygens (including phenoxy) is 1. The number of morpholine rings is 1. The quantitative estimate of drug-likeness (QED) is 0.868. The standard InChI is InChI=1S/C9H11NO5S2/c11-9(12)8-7(1-6-16-8)17(13,14)10-2-4-15-5-3-10/h1,6H,2-5H2,(H,11,12). The number of thiophene rings is 1. The summed E-state index contributed by atoms with van der Waals surface area (Å²) >= 11 is 0.912. The van der Waals surface area contributed by atoms with Crippen LogP contribution >= 0.6 is 11.3 Å². The van der Waals surface area contributed by atoms with Crippen LogP contribution in [0.3, 0.4) is 0 Å². The molecule has 1 aliphatic rings. The van der Waals surface area contributed by atoms with E-state index in [4.69, 9.17) is 9.84 Å². The molecule has 94 valence electrons. The number of carboxylic acids is 1. The fourth-order valence-electron chi connectivity index (χ4n) is 1.58. The van der Waals surface area contributed by atoms with Crippen molar-refractivity contribution < 1.29 is 23.1 Å². The summed E-state index contributed by atoms with van der Waals surface area (Å²) in [5.74, 6) is -1.22. The van der Waals surface area contributed by atoms with E-state index in [9.17, 15) is 13.2 Å². The zero-order valence-corrected chi connectivity index (χ0v) is 10.5. The molecule has 2 heterocycles. The monoisotopic (exact) mass is 277 g/mol. The van der Waals surface area contributed by atoms with Gasteiger partial charge in [0.1, 0.15) is 9.77 Å². The van der Waals surface area contributed by atoms with Gasteiger partial charge in [-0.2, -0.15) is 4.31 Å².